The fourth-order valence-electron chi connectivity index (χ4n) is 3.09. The van der Waals surface area contributed by atoms with Crippen molar-refractivity contribution in [3.63, 3.8) is 0 Å². The molecule has 0 aromatic carbocycles. The van der Waals surface area contributed by atoms with Gasteiger partial charge in [0.25, 0.3) is 0 Å². The van der Waals surface area contributed by atoms with E-state index in [-0.39, 0.29) is 0 Å². The number of aliphatic hydroxyl groups excluding tert-OH is 1. The third kappa shape index (κ3) is 5.87. The quantitative estimate of drug-likeness (QED) is 0.717. The van der Waals surface area contributed by atoms with Crippen LogP contribution in [0.5, 0.6) is 0 Å². The molecule has 1 saturated carbocycles. The van der Waals surface area contributed by atoms with Crippen LogP contribution < -0.4 is 5.32 Å². The zero-order chi connectivity index (χ0) is 12.7. The molecule has 0 aromatic heterocycles. The molecule has 1 rings (SSSR count). The number of hydrogen-bond acceptors (Lipinski definition) is 2. The Morgan fingerprint density at radius 3 is 2.53 bits per heavy atom. The van der Waals surface area contributed by atoms with E-state index < -0.39 is 0 Å². The summed E-state index contributed by atoms with van der Waals surface area (Å²) < 4.78 is 0. The Morgan fingerprint density at radius 2 is 1.94 bits per heavy atom. The zero-order valence-corrected chi connectivity index (χ0v) is 11.9. The molecule has 0 spiro atoms. The van der Waals surface area contributed by atoms with E-state index in [1.54, 1.807) is 0 Å². The van der Waals surface area contributed by atoms with Crippen molar-refractivity contribution in [2.75, 3.05) is 13.2 Å². The van der Waals surface area contributed by atoms with E-state index in [0.29, 0.717) is 12.5 Å². The van der Waals surface area contributed by atoms with Gasteiger partial charge in [-0.05, 0) is 50.0 Å². The first-order valence-corrected chi connectivity index (χ1v) is 7.47. The highest BCUT2D eigenvalue weighted by Gasteiger charge is 2.21. The molecule has 0 amide bonds. The molecule has 1 aliphatic rings. The highest BCUT2D eigenvalue weighted by Crippen LogP contribution is 2.24. The summed E-state index contributed by atoms with van der Waals surface area (Å²) in [7, 11) is 0. The number of nitrogens with one attached hydrogen (secondary N) is 1. The summed E-state index contributed by atoms with van der Waals surface area (Å²) in [6, 6.07) is 0.720. The van der Waals surface area contributed by atoms with Crippen molar-refractivity contribution in [2.45, 2.75) is 65.3 Å². The van der Waals surface area contributed by atoms with Gasteiger partial charge in [0.15, 0.2) is 0 Å². The molecule has 0 radical (unpaired) electrons. The summed E-state index contributed by atoms with van der Waals surface area (Å²) in [6.45, 7) is 8.34. The molecule has 0 heterocycles. The van der Waals surface area contributed by atoms with Crippen molar-refractivity contribution in [1.29, 1.82) is 0 Å². The molecule has 0 aliphatic heterocycles. The Bertz CT molecular complexity index is 193. The van der Waals surface area contributed by atoms with Crippen LogP contribution in [0.2, 0.25) is 0 Å². The second kappa shape index (κ2) is 8.10. The molecule has 0 aromatic rings. The third-order valence-electron chi connectivity index (χ3n) is 4.12. The van der Waals surface area contributed by atoms with Gasteiger partial charge < -0.3 is 10.4 Å². The topological polar surface area (TPSA) is 32.3 Å². The number of rotatable bonds is 7. The van der Waals surface area contributed by atoms with Gasteiger partial charge in [-0.15, -0.1) is 0 Å². The van der Waals surface area contributed by atoms with E-state index in [0.717, 1.165) is 30.8 Å². The lowest BCUT2D eigenvalue weighted by atomic mass is 9.85. The van der Waals surface area contributed by atoms with E-state index in [4.69, 9.17) is 5.11 Å². The van der Waals surface area contributed by atoms with Gasteiger partial charge in [-0.2, -0.15) is 0 Å². The minimum absolute atomic E-state index is 0.333. The molecule has 3 unspecified atom stereocenters. The fourth-order valence-corrected chi connectivity index (χ4v) is 3.09. The number of hydrogen-bond donors (Lipinski definition) is 2. The zero-order valence-electron chi connectivity index (χ0n) is 11.9. The summed E-state index contributed by atoms with van der Waals surface area (Å²) in [6.07, 6.45) is 7.70. The van der Waals surface area contributed by atoms with E-state index in [1.165, 1.54) is 32.1 Å². The first-order chi connectivity index (χ1) is 8.13. The summed E-state index contributed by atoms with van der Waals surface area (Å²) in [4.78, 5) is 0. The monoisotopic (exact) mass is 241 g/mol. The van der Waals surface area contributed by atoms with Crippen molar-refractivity contribution in [2.24, 2.45) is 17.8 Å². The SMILES string of the molecule is CC(C)CC(CCO)CNC1CCCCC1C. The molecule has 2 N–H and O–H groups in total. The van der Waals surface area contributed by atoms with E-state index in [9.17, 15) is 0 Å². The van der Waals surface area contributed by atoms with Gasteiger partial charge in [0.05, 0.1) is 0 Å². The molecule has 1 fully saturated rings. The maximum atomic E-state index is 9.11. The first-order valence-electron chi connectivity index (χ1n) is 7.47. The Labute approximate surface area is 107 Å². The highest BCUT2D eigenvalue weighted by atomic mass is 16.3. The Hall–Kier alpha value is -0.0800. The van der Waals surface area contributed by atoms with Gasteiger partial charge in [0.1, 0.15) is 0 Å². The molecular weight excluding hydrogens is 210 g/mol. The van der Waals surface area contributed by atoms with E-state index >= 15 is 0 Å². The van der Waals surface area contributed by atoms with Crippen LogP contribution in [-0.2, 0) is 0 Å². The molecule has 0 bridgehead atoms. The molecule has 2 heteroatoms. The van der Waals surface area contributed by atoms with Crippen LogP contribution in [0.3, 0.4) is 0 Å². The maximum absolute atomic E-state index is 9.11. The minimum Gasteiger partial charge on any atom is -0.396 e. The van der Waals surface area contributed by atoms with Gasteiger partial charge in [-0.25, -0.2) is 0 Å². The second-order valence-corrected chi connectivity index (χ2v) is 6.28. The summed E-state index contributed by atoms with van der Waals surface area (Å²) >= 11 is 0. The average Bonchev–Trinajstić information content (AvgIpc) is 2.27. The Kier molecular flexibility index (Phi) is 7.14. The predicted octanol–water partition coefficient (Wildman–Crippen LogP) is 3.20. The van der Waals surface area contributed by atoms with Gasteiger partial charge in [-0.3, -0.25) is 0 Å². The lowest BCUT2D eigenvalue weighted by Crippen LogP contribution is -2.40. The van der Waals surface area contributed by atoms with Crippen LogP contribution >= 0.6 is 0 Å². The molecule has 102 valence electrons. The summed E-state index contributed by atoms with van der Waals surface area (Å²) in [5, 5.41) is 12.9. The van der Waals surface area contributed by atoms with Crippen LogP contribution in [0.4, 0.5) is 0 Å². The fraction of sp³-hybridized carbons (Fsp3) is 1.00. The van der Waals surface area contributed by atoms with Crippen LogP contribution in [0.15, 0.2) is 0 Å². The average molecular weight is 241 g/mol. The Balaban J connectivity index is 2.28. The lowest BCUT2D eigenvalue weighted by molar-refractivity contribution is 0.219. The second-order valence-electron chi connectivity index (χ2n) is 6.28. The standard InChI is InChI=1S/C15H31NO/c1-12(2)10-14(8-9-17)11-16-15-7-5-4-6-13(15)3/h12-17H,4-11H2,1-3H3. The van der Waals surface area contributed by atoms with Crippen molar-refractivity contribution in [3.8, 4) is 0 Å². The van der Waals surface area contributed by atoms with Crippen molar-refractivity contribution < 1.29 is 5.11 Å². The van der Waals surface area contributed by atoms with Gasteiger partial charge >= 0.3 is 0 Å². The minimum atomic E-state index is 0.333. The van der Waals surface area contributed by atoms with Gasteiger partial charge in [-0.1, -0.05) is 33.6 Å². The molecule has 17 heavy (non-hydrogen) atoms. The third-order valence-corrected chi connectivity index (χ3v) is 4.12. The van der Waals surface area contributed by atoms with Crippen molar-refractivity contribution >= 4 is 0 Å². The molecule has 2 nitrogen and oxygen atoms in total. The largest absolute Gasteiger partial charge is 0.396 e. The van der Waals surface area contributed by atoms with Gasteiger partial charge in [0, 0.05) is 12.6 Å². The van der Waals surface area contributed by atoms with E-state index in [2.05, 4.69) is 26.1 Å². The van der Waals surface area contributed by atoms with Gasteiger partial charge in [0.2, 0.25) is 0 Å². The Morgan fingerprint density at radius 1 is 1.24 bits per heavy atom. The van der Waals surface area contributed by atoms with Crippen LogP contribution in [0.1, 0.15) is 59.3 Å². The summed E-state index contributed by atoms with van der Waals surface area (Å²) in [5.74, 6) is 2.21. The van der Waals surface area contributed by atoms with E-state index in [1.807, 2.05) is 0 Å². The summed E-state index contributed by atoms with van der Waals surface area (Å²) in [5.41, 5.74) is 0. The number of aliphatic hydroxyl groups is 1. The molecule has 0 saturated heterocycles. The normalized spacial score (nSPS) is 27.4. The lowest BCUT2D eigenvalue weighted by Gasteiger charge is -2.31. The molecule has 3 atom stereocenters. The maximum Gasteiger partial charge on any atom is 0.0434 e. The van der Waals surface area contributed by atoms with Crippen LogP contribution in [0, 0.1) is 17.8 Å². The van der Waals surface area contributed by atoms with Crippen molar-refractivity contribution in [3.05, 3.63) is 0 Å². The van der Waals surface area contributed by atoms with Crippen LogP contribution in [0.25, 0.3) is 0 Å². The van der Waals surface area contributed by atoms with Crippen LogP contribution in [-0.4, -0.2) is 24.3 Å². The first kappa shape index (κ1) is 15.0. The highest BCUT2D eigenvalue weighted by molar-refractivity contribution is 4.79. The molecular formula is C15H31NO. The predicted molar refractivity (Wildman–Crippen MR) is 74.1 cm³/mol. The molecule has 1 aliphatic carbocycles. The van der Waals surface area contributed by atoms with Crippen molar-refractivity contribution in [1.82, 2.24) is 5.32 Å². The smallest absolute Gasteiger partial charge is 0.0434 e.